The van der Waals surface area contributed by atoms with Crippen LogP contribution in [0.25, 0.3) is 11.4 Å². The zero-order valence-corrected chi connectivity index (χ0v) is 17.3. The molecule has 1 amide bonds. The molecule has 1 fully saturated rings. The van der Waals surface area contributed by atoms with Crippen molar-refractivity contribution in [3.05, 3.63) is 71.1 Å². The van der Waals surface area contributed by atoms with Crippen LogP contribution in [0.15, 0.2) is 53.1 Å². The summed E-state index contributed by atoms with van der Waals surface area (Å²) in [6.45, 7) is 3.95. The Bertz CT molecular complexity index is 1100. The van der Waals surface area contributed by atoms with Gasteiger partial charge in [0.2, 0.25) is 5.82 Å². The molecule has 0 unspecified atom stereocenters. The van der Waals surface area contributed by atoms with Crippen LogP contribution in [-0.4, -0.2) is 59.1 Å². The van der Waals surface area contributed by atoms with Gasteiger partial charge in [-0.2, -0.15) is 10.2 Å². The second-order valence-electron chi connectivity index (χ2n) is 7.41. The van der Waals surface area contributed by atoms with Crippen LogP contribution >= 0.6 is 0 Å². The third kappa shape index (κ3) is 4.97. The Morgan fingerprint density at radius 1 is 1.16 bits per heavy atom. The minimum atomic E-state index is -0.0253. The lowest BCUT2D eigenvalue weighted by Gasteiger charge is -2.34. The zero-order chi connectivity index (χ0) is 21.6. The maximum Gasteiger partial charge on any atom is 0.253 e. The number of carbonyl (C=O) groups excluding carboxylic acids is 1. The zero-order valence-electron chi connectivity index (χ0n) is 17.3. The maximum absolute atomic E-state index is 12.7. The summed E-state index contributed by atoms with van der Waals surface area (Å²) in [5.41, 5.74) is 3.11. The first-order chi connectivity index (χ1) is 15.2. The average Bonchev–Trinajstić information content (AvgIpc) is 3.28. The third-order valence-electron chi connectivity index (χ3n) is 5.23. The molecule has 0 N–H and O–H groups in total. The van der Waals surface area contributed by atoms with Gasteiger partial charge in [0, 0.05) is 51.0 Å². The van der Waals surface area contributed by atoms with Gasteiger partial charge in [-0.3, -0.25) is 9.69 Å². The Balaban J connectivity index is 1.35. The summed E-state index contributed by atoms with van der Waals surface area (Å²) >= 11 is 0. The van der Waals surface area contributed by atoms with Gasteiger partial charge in [-0.05, 0) is 29.8 Å². The summed E-state index contributed by atoms with van der Waals surface area (Å²) in [4.78, 5) is 21.3. The normalized spacial score (nSPS) is 14.4. The number of piperazine rings is 1. The Kier molecular flexibility index (Phi) is 6.36. The van der Waals surface area contributed by atoms with Crippen molar-refractivity contribution in [2.75, 3.05) is 33.3 Å². The minimum Gasteiger partial charge on any atom is -0.375 e. The summed E-state index contributed by atoms with van der Waals surface area (Å²) in [5, 5.41) is 13.1. The SMILES string of the molecule is COCc1nc(-c2cccc(CN3CCN(C(=O)c4cccc(C#N)c4)CC3)c2)no1. The first-order valence-corrected chi connectivity index (χ1v) is 10.1. The molecule has 4 rings (SSSR count). The van der Waals surface area contributed by atoms with Gasteiger partial charge in [0.05, 0.1) is 11.6 Å². The smallest absolute Gasteiger partial charge is 0.253 e. The summed E-state index contributed by atoms with van der Waals surface area (Å²) in [7, 11) is 1.58. The van der Waals surface area contributed by atoms with E-state index in [1.807, 2.05) is 17.0 Å². The highest BCUT2D eigenvalue weighted by atomic mass is 16.5. The number of hydrogen-bond acceptors (Lipinski definition) is 7. The molecule has 8 heteroatoms. The molecule has 3 aromatic rings. The van der Waals surface area contributed by atoms with Crippen molar-refractivity contribution in [1.29, 1.82) is 5.26 Å². The van der Waals surface area contributed by atoms with E-state index in [1.54, 1.807) is 31.4 Å². The van der Waals surface area contributed by atoms with Crippen molar-refractivity contribution in [3.8, 4) is 17.5 Å². The van der Waals surface area contributed by atoms with E-state index in [9.17, 15) is 4.79 Å². The van der Waals surface area contributed by atoms with E-state index in [4.69, 9.17) is 14.5 Å². The lowest BCUT2D eigenvalue weighted by molar-refractivity contribution is 0.0628. The highest BCUT2D eigenvalue weighted by Gasteiger charge is 2.22. The number of nitrogens with zero attached hydrogens (tertiary/aromatic N) is 5. The first-order valence-electron chi connectivity index (χ1n) is 10.1. The molecule has 0 radical (unpaired) electrons. The standard InChI is InChI=1S/C23H23N5O3/c1-30-16-21-25-22(26-31-21)19-6-3-5-18(13-19)15-27-8-10-28(11-9-27)23(29)20-7-2-4-17(12-20)14-24/h2-7,12-13H,8-11,15-16H2,1H3. The van der Waals surface area contributed by atoms with E-state index in [2.05, 4.69) is 33.2 Å². The van der Waals surface area contributed by atoms with Crippen molar-refractivity contribution in [2.24, 2.45) is 0 Å². The van der Waals surface area contributed by atoms with E-state index >= 15 is 0 Å². The van der Waals surface area contributed by atoms with E-state index < -0.39 is 0 Å². The Morgan fingerprint density at radius 3 is 2.74 bits per heavy atom. The molecule has 158 valence electrons. The van der Waals surface area contributed by atoms with E-state index in [0.717, 1.165) is 30.8 Å². The number of ether oxygens (including phenoxy) is 1. The largest absolute Gasteiger partial charge is 0.375 e. The second kappa shape index (κ2) is 9.51. The fourth-order valence-corrected chi connectivity index (χ4v) is 3.63. The van der Waals surface area contributed by atoms with Gasteiger partial charge in [-0.25, -0.2) is 0 Å². The van der Waals surface area contributed by atoms with Crippen LogP contribution in [0, 0.1) is 11.3 Å². The predicted octanol–water partition coefficient (Wildman–Crippen LogP) is 2.71. The van der Waals surface area contributed by atoms with Gasteiger partial charge in [0.25, 0.3) is 11.8 Å². The summed E-state index contributed by atoms with van der Waals surface area (Å²) in [6.07, 6.45) is 0. The van der Waals surface area contributed by atoms with Crippen LogP contribution in [0.3, 0.4) is 0 Å². The lowest BCUT2D eigenvalue weighted by Crippen LogP contribution is -2.48. The predicted molar refractivity (Wildman–Crippen MR) is 113 cm³/mol. The third-order valence-corrected chi connectivity index (χ3v) is 5.23. The molecular formula is C23H23N5O3. The first kappa shape index (κ1) is 20.7. The monoisotopic (exact) mass is 417 g/mol. The summed E-state index contributed by atoms with van der Waals surface area (Å²) < 4.78 is 10.2. The van der Waals surface area contributed by atoms with Gasteiger partial charge >= 0.3 is 0 Å². The second-order valence-corrected chi connectivity index (χ2v) is 7.41. The summed E-state index contributed by atoms with van der Waals surface area (Å²) in [6, 6.07) is 17.0. The van der Waals surface area contributed by atoms with Crippen molar-refractivity contribution in [2.45, 2.75) is 13.2 Å². The lowest BCUT2D eigenvalue weighted by atomic mass is 10.1. The number of benzene rings is 2. The van der Waals surface area contributed by atoms with Gasteiger partial charge in [-0.15, -0.1) is 0 Å². The van der Waals surface area contributed by atoms with E-state index in [-0.39, 0.29) is 12.5 Å². The van der Waals surface area contributed by atoms with Crippen molar-refractivity contribution < 1.29 is 14.1 Å². The van der Waals surface area contributed by atoms with Crippen LogP contribution in [0.5, 0.6) is 0 Å². The van der Waals surface area contributed by atoms with Gasteiger partial charge in [-0.1, -0.05) is 29.4 Å². The molecule has 0 atom stereocenters. The van der Waals surface area contributed by atoms with Crippen molar-refractivity contribution in [1.82, 2.24) is 19.9 Å². The van der Waals surface area contributed by atoms with E-state index in [1.165, 1.54) is 0 Å². The molecule has 1 aliphatic heterocycles. The molecule has 1 aliphatic rings. The fraction of sp³-hybridized carbons (Fsp3) is 0.304. The highest BCUT2D eigenvalue weighted by molar-refractivity contribution is 5.94. The molecule has 0 saturated carbocycles. The van der Waals surface area contributed by atoms with Crippen LogP contribution < -0.4 is 0 Å². The molecule has 2 aromatic carbocycles. The van der Waals surface area contributed by atoms with Gasteiger partial charge in [0.1, 0.15) is 6.61 Å². The molecule has 0 aliphatic carbocycles. The fourth-order valence-electron chi connectivity index (χ4n) is 3.63. The number of rotatable bonds is 6. The Hall–Kier alpha value is -3.54. The molecule has 1 saturated heterocycles. The van der Waals surface area contributed by atoms with Crippen LogP contribution in [0.1, 0.15) is 27.4 Å². The van der Waals surface area contributed by atoms with Crippen molar-refractivity contribution in [3.63, 3.8) is 0 Å². The van der Waals surface area contributed by atoms with Crippen molar-refractivity contribution >= 4 is 5.91 Å². The number of nitriles is 1. The minimum absolute atomic E-state index is 0.0253. The average molecular weight is 417 g/mol. The van der Waals surface area contributed by atoms with Crippen LogP contribution in [0.4, 0.5) is 0 Å². The van der Waals surface area contributed by atoms with Crippen LogP contribution in [0.2, 0.25) is 0 Å². The molecule has 31 heavy (non-hydrogen) atoms. The van der Waals surface area contributed by atoms with Crippen LogP contribution in [-0.2, 0) is 17.9 Å². The molecule has 1 aromatic heterocycles. The Labute approximate surface area is 180 Å². The number of amides is 1. The number of hydrogen-bond donors (Lipinski definition) is 0. The topological polar surface area (TPSA) is 95.5 Å². The Morgan fingerprint density at radius 2 is 1.97 bits per heavy atom. The molecule has 8 nitrogen and oxygen atoms in total. The molecular weight excluding hydrogens is 394 g/mol. The molecule has 0 bridgehead atoms. The number of aromatic nitrogens is 2. The molecule has 0 spiro atoms. The quantitative estimate of drug-likeness (QED) is 0.608. The van der Waals surface area contributed by atoms with E-state index in [0.29, 0.717) is 35.9 Å². The number of carbonyl (C=O) groups is 1. The molecule has 2 heterocycles. The summed E-state index contributed by atoms with van der Waals surface area (Å²) in [5.74, 6) is 0.968. The van der Waals surface area contributed by atoms with Gasteiger partial charge in [0.15, 0.2) is 0 Å². The maximum atomic E-state index is 12.7. The highest BCUT2D eigenvalue weighted by Crippen LogP contribution is 2.19. The number of methoxy groups -OCH3 is 1. The van der Waals surface area contributed by atoms with Gasteiger partial charge < -0.3 is 14.2 Å².